The van der Waals surface area contributed by atoms with Crippen molar-refractivity contribution in [2.75, 3.05) is 17.9 Å². The molecular weight excluding hydrogens is 512 g/mol. The van der Waals surface area contributed by atoms with Crippen LogP contribution in [0.2, 0.25) is 5.02 Å². The molecule has 5 rings (SSSR count). The molecule has 11 heteroatoms. The fraction of sp³-hybridized carbons (Fsp3) is 0.154. The first kappa shape index (κ1) is 24.7. The molecule has 1 amide bonds. The second-order valence-corrected chi connectivity index (χ2v) is 9.46. The molecule has 9 nitrogen and oxygen atoms in total. The molecule has 0 atom stereocenters. The van der Waals surface area contributed by atoms with Gasteiger partial charge in [-0.25, -0.2) is 5.43 Å². The van der Waals surface area contributed by atoms with Crippen LogP contribution in [0, 0.1) is 6.92 Å². The number of nitrogens with zero attached hydrogens (tertiary/aromatic N) is 4. The van der Waals surface area contributed by atoms with Gasteiger partial charge in [0.25, 0.3) is 5.91 Å². The number of fused-ring (bicyclic) bond motifs is 1. The fourth-order valence-electron chi connectivity index (χ4n) is 3.68. The Hall–Kier alpha value is -4.02. The first-order chi connectivity index (χ1) is 18.1. The average Bonchev–Trinajstić information content (AvgIpc) is 3.54. The minimum atomic E-state index is -0.263. The van der Waals surface area contributed by atoms with E-state index in [-0.39, 0.29) is 18.5 Å². The smallest absolute Gasteiger partial charge is 0.250 e. The van der Waals surface area contributed by atoms with Crippen molar-refractivity contribution in [3.05, 3.63) is 88.7 Å². The van der Waals surface area contributed by atoms with Crippen LogP contribution >= 0.6 is 23.4 Å². The van der Waals surface area contributed by atoms with Crippen LogP contribution in [-0.4, -0.2) is 39.4 Å². The van der Waals surface area contributed by atoms with E-state index in [9.17, 15) is 4.79 Å². The monoisotopic (exact) mass is 534 g/mol. The van der Waals surface area contributed by atoms with Crippen molar-refractivity contribution < 1.29 is 14.3 Å². The van der Waals surface area contributed by atoms with Crippen molar-refractivity contribution >= 4 is 41.2 Å². The van der Waals surface area contributed by atoms with E-state index in [0.29, 0.717) is 34.0 Å². The number of amides is 1. The predicted molar refractivity (Wildman–Crippen MR) is 144 cm³/mol. The maximum atomic E-state index is 12.5. The zero-order valence-electron chi connectivity index (χ0n) is 19.8. The highest BCUT2D eigenvalue weighted by molar-refractivity contribution is 7.99. The number of carbonyl (C=O) groups excluding carboxylic acids is 1. The summed E-state index contributed by atoms with van der Waals surface area (Å²) in [4.78, 5) is 12.5. The minimum absolute atomic E-state index is 0.118. The van der Waals surface area contributed by atoms with E-state index in [1.54, 1.807) is 18.3 Å². The predicted octanol–water partition coefficient (Wildman–Crippen LogP) is 4.81. The maximum absolute atomic E-state index is 12.5. The van der Waals surface area contributed by atoms with Crippen molar-refractivity contribution in [2.24, 2.45) is 5.10 Å². The molecule has 3 aromatic carbocycles. The van der Waals surface area contributed by atoms with Gasteiger partial charge in [-0.15, -0.1) is 10.2 Å². The molecule has 188 valence electrons. The molecule has 37 heavy (non-hydrogen) atoms. The number of benzene rings is 3. The van der Waals surface area contributed by atoms with Crippen LogP contribution in [0.15, 0.2) is 77.0 Å². The van der Waals surface area contributed by atoms with Crippen molar-refractivity contribution in [1.29, 1.82) is 0 Å². The Bertz CT molecular complexity index is 1440. The Morgan fingerprint density at radius 3 is 2.78 bits per heavy atom. The third-order valence-electron chi connectivity index (χ3n) is 5.47. The summed E-state index contributed by atoms with van der Waals surface area (Å²) in [6.45, 7) is 2.64. The van der Waals surface area contributed by atoms with E-state index in [1.807, 2.05) is 66.1 Å². The number of nitrogens with one attached hydrogen (secondary N) is 2. The Labute approximate surface area is 222 Å². The highest BCUT2D eigenvalue weighted by Crippen LogP contribution is 2.32. The Balaban J connectivity index is 1.24. The lowest BCUT2D eigenvalue weighted by Crippen LogP contribution is -2.20. The number of aryl methyl sites for hydroxylation is 1. The second kappa shape index (κ2) is 11.4. The number of ether oxygens (including phenoxy) is 2. The molecule has 0 unspecified atom stereocenters. The summed E-state index contributed by atoms with van der Waals surface area (Å²) in [6, 6.07) is 20.9. The molecular formula is C26H23ClN6O3S. The molecule has 0 radical (unpaired) electrons. The molecule has 0 bridgehead atoms. The summed E-state index contributed by atoms with van der Waals surface area (Å²) in [5.74, 6) is 1.92. The van der Waals surface area contributed by atoms with Gasteiger partial charge in [-0.3, -0.25) is 9.36 Å². The second-order valence-electron chi connectivity index (χ2n) is 8.08. The maximum Gasteiger partial charge on any atom is 0.250 e. The number of hydrogen-bond acceptors (Lipinski definition) is 8. The summed E-state index contributed by atoms with van der Waals surface area (Å²) in [5, 5.41) is 17.5. The van der Waals surface area contributed by atoms with E-state index >= 15 is 0 Å². The number of hydrogen-bond donors (Lipinski definition) is 2. The number of hydrazone groups is 1. The molecule has 0 saturated heterocycles. The molecule has 0 saturated carbocycles. The van der Waals surface area contributed by atoms with Crippen LogP contribution in [0.3, 0.4) is 0 Å². The molecule has 1 aliphatic heterocycles. The van der Waals surface area contributed by atoms with Gasteiger partial charge in [-0.05, 0) is 66.6 Å². The number of carbonyl (C=O) groups is 1. The van der Waals surface area contributed by atoms with Gasteiger partial charge in [0.1, 0.15) is 0 Å². The Kier molecular flexibility index (Phi) is 7.57. The Morgan fingerprint density at radius 2 is 1.95 bits per heavy atom. The molecule has 1 aliphatic rings. The van der Waals surface area contributed by atoms with Crippen LogP contribution < -0.4 is 20.2 Å². The lowest BCUT2D eigenvalue weighted by Gasteiger charge is -2.12. The van der Waals surface area contributed by atoms with Crippen molar-refractivity contribution in [2.45, 2.75) is 18.6 Å². The minimum Gasteiger partial charge on any atom is -0.454 e. The standard InChI is InChI=1S/C26H23ClN6O3S/c1-17-11-19(27)8-9-21(17)28-14-24-30-32-26(33(24)20-5-3-2-4-6-20)37-15-25(34)31-29-13-18-7-10-22-23(12-18)36-16-35-22/h2-13,28H,14-16H2,1H3,(H,31,34). The van der Waals surface area contributed by atoms with E-state index in [1.165, 1.54) is 11.8 Å². The van der Waals surface area contributed by atoms with Gasteiger partial charge in [-0.1, -0.05) is 41.6 Å². The summed E-state index contributed by atoms with van der Waals surface area (Å²) in [6.07, 6.45) is 1.56. The summed E-state index contributed by atoms with van der Waals surface area (Å²) in [5.41, 5.74) is 6.23. The highest BCUT2D eigenvalue weighted by Gasteiger charge is 2.16. The average molecular weight is 535 g/mol. The van der Waals surface area contributed by atoms with Gasteiger partial charge in [0.05, 0.1) is 18.5 Å². The zero-order chi connectivity index (χ0) is 25.6. The SMILES string of the molecule is Cc1cc(Cl)ccc1NCc1nnc(SCC(=O)NN=Cc2ccc3c(c2)OCO3)n1-c1ccccc1. The summed E-state index contributed by atoms with van der Waals surface area (Å²) in [7, 11) is 0. The van der Waals surface area contributed by atoms with Crippen molar-refractivity contribution in [1.82, 2.24) is 20.2 Å². The highest BCUT2D eigenvalue weighted by atomic mass is 35.5. The van der Waals surface area contributed by atoms with Gasteiger partial charge in [0.2, 0.25) is 6.79 Å². The topological polar surface area (TPSA) is 103 Å². The fourth-order valence-corrected chi connectivity index (χ4v) is 4.67. The van der Waals surface area contributed by atoms with Gasteiger partial charge >= 0.3 is 0 Å². The molecule has 0 spiro atoms. The first-order valence-electron chi connectivity index (χ1n) is 11.4. The van der Waals surface area contributed by atoms with Crippen LogP contribution in [-0.2, 0) is 11.3 Å². The number of halogens is 1. The molecule has 2 N–H and O–H groups in total. The Morgan fingerprint density at radius 1 is 1.11 bits per heavy atom. The van der Waals surface area contributed by atoms with Crippen LogP contribution in [0.1, 0.15) is 17.0 Å². The van der Waals surface area contributed by atoms with Crippen LogP contribution in [0.4, 0.5) is 5.69 Å². The van der Waals surface area contributed by atoms with Gasteiger partial charge in [-0.2, -0.15) is 5.10 Å². The molecule has 4 aromatic rings. The third kappa shape index (κ3) is 6.04. The van der Waals surface area contributed by atoms with Crippen LogP contribution in [0.5, 0.6) is 11.5 Å². The molecule has 1 aromatic heterocycles. The summed E-state index contributed by atoms with van der Waals surface area (Å²) < 4.78 is 12.6. The van der Waals surface area contributed by atoms with Gasteiger partial charge in [0, 0.05) is 16.4 Å². The lowest BCUT2D eigenvalue weighted by molar-refractivity contribution is -0.118. The number of anilines is 1. The van der Waals surface area contributed by atoms with Gasteiger partial charge in [0.15, 0.2) is 22.5 Å². The summed E-state index contributed by atoms with van der Waals surface area (Å²) >= 11 is 7.36. The first-order valence-corrected chi connectivity index (χ1v) is 12.8. The number of thioether (sulfide) groups is 1. The molecule has 0 fully saturated rings. The van der Waals surface area contributed by atoms with Crippen LogP contribution in [0.25, 0.3) is 5.69 Å². The normalized spacial score (nSPS) is 12.2. The lowest BCUT2D eigenvalue weighted by atomic mass is 10.2. The number of aromatic nitrogens is 3. The largest absolute Gasteiger partial charge is 0.454 e. The number of rotatable bonds is 9. The van der Waals surface area contributed by atoms with E-state index in [2.05, 4.69) is 26.0 Å². The molecule has 0 aliphatic carbocycles. The van der Waals surface area contributed by atoms with Crippen molar-refractivity contribution in [3.8, 4) is 17.2 Å². The van der Waals surface area contributed by atoms with Crippen molar-refractivity contribution in [3.63, 3.8) is 0 Å². The zero-order valence-corrected chi connectivity index (χ0v) is 21.4. The quantitative estimate of drug-likeness (QED) is 0.180. The number of para-hydroxylation sites is 1. The van der Waals surface area contributed by atoms with E-state index in [4.69, 9.17) is 21.1 Å². The van der Waals surface area contributed by atoms with E-state index in [0.717, 1.165) is 22.5 Å². The van der Waals surface area contributed by atoms with E-state index < -0.39 is 0 Å². The third-order valence-corrected chi connectivity index (χ3v) is 6.64. The molecule has 2 heterocycles. The van der Waals surface area contributed by atoms with Gasteiger partial charge < -0.3 is 14.8 Å².